The summed E-state index contributed by atoms with van der Waals surface area (Å²) in [5.41, 5.74) is 0. The number of hydrogen-bond acceptors (Lipinski definition) is 5. The van der Waals surface area contributed by atoms with Gasteiger partial charge >= 0.3 is 0 Å². The lowest BCUT2D eigenvalue weighted by Crippen LogP contribution is -2.14. The number of rotatable bonds is 3. The molecule has 16 heavy (non-hydrogen) atoms. The topological polar surface area (TPSA) is 84.8 Å². The number of anilines is 1. The van der Waals surface area contributed by atoms with Crippen molar-refractivity contribution in [3.8, 4) is 0 Å². The maximum absolute atomic E-state index is 11.8. The Hall–Kier alpha value is -2.02. The first kappa shape index (κ1) is 10.5. The molecule has 6 nitrogen and oxygen atoms in total. The Morgan fingerprint density at radius 2 is 1.88 bits per heavy atom. The summed E-state index contributed by atoms with van der Waals surface area (Å²) < 4.78 is 25.9. The molecule has 0 aromatic carbocycles. The van der Waals surface area contributed by atoms with Crippen molar-refractivity contribution < 1.29 is 8.42 Å². The molecule has 0 radical (unpaired) electrons. The summed E-state index contributed by atoms with van der Waals surface area (Å²) in [7, 11) is -3.63. The lowest BCUT2D eigenvalue weighted by molar-refractivity contribution is 0.600. The van der Waals surface area contributed by atoms with E-state index in [-0.39, 0.29) is 10.7 Å². The van der Waals surface area contributed by atoms with E-state index in [2.05, 4.69) is 19.7 Å². The summed E-state index contributed by atoms with van der Waals surface area (Å²) in [6, 6.07) is 3.00. The van der Waals surface area contributed by atoms with Gasteiger partial charge < -0.3 is 0 Å². The highest BCUT2D eigenvalue weighted by Crippen LogP contribution is 2.10. The Bertz CT molecular complexity index is 557. The zero-order valence-electron chi connectivity index (χ0n) is 8.11. The van der Waals surface area contributed by atoms with E-state index in [9.17, 15) is 8.42 Å². The van der Waals surface area contributed by atoms with E-state index < -0.39 is 10.0 Å². The molecule has 0 aliphatic heterocycles. The van der Waals surface area contributed by atoms with Crippen LogP contribution in [-0.4, -0.2) is 23.4 Å². The van der Waals surface area contributed by atoms with Gasteiger partial charge in [-0.3, -0.25) is 14.7 Å². The van der Waals surface area contributed by atoms with Gasteiger partial charge in [-0.05, 0) is 12.1 Å². The third kappa shape index (κ3) is 2.31. The number of pyridine rings is 1. The Kier molecular flexibility index (Phi) is 2.78. The van der Waals surface area contributed by atoms with Crippen LogP contribution in [0.25, 0.3) is 0 Å². The average molecular weight is 236 g/mol. The van der Waals surface area contributed by atoms with Gasteiger partial charge in [0.2, 0.25) is 0 Å². The van der Waals surface area contributed by atoms with Gasteiger partial charge in [0.15, 0.2) is 5.82 Å². The van der Waals surface area contributed by atoms with E-state index in [1.54, 1.807) is 6.07 Å². The van der Waals surface area contributed by atoms with Crippen molar-refractivity contribution in [3.05, 3.63) is 43.1 Å². The molecule has 0 amide bonds. The summed E-state index contributed by atoms with van der Waals surface area (Å²) >= 11 is 0. The van der Waals surface area contributed by atoms with Gasteiger partial charge in [-0.1, -0.05) is 0 Å². The molecule has 0 bridgehead atoms. The highest BCUT2D eigenvalue weighted by atomic mass is 32.2. The molecular weight excluding hydrogens is 228 g/mol. The molecule has 2 aromatic rings. The van der Waals surface area contributed by atoms with Crippen LogP contribution >= 0.6 is 0 Å². The van der Waals surface area contributed by atoms with Crippen molar-refractivity contribution in [3.63, 3.8) is 0 Å². The third-order valence-corrected chi connectivity index (χ3v) is 3.09. The van der Waals surface area contributed by atoms with Crippen molar-refractivity contribution in [1.82, 2.24) is 15.0 Å². The van der Waals surface area contributed by atoms with Crippen LogP contribution < -0.4 is 4.72 Å². The molecule has 0 fully saturated rings. The van der Waals surface area contributed by atoms with Crippen LogP contribution in [0.4, 0.5) is 5.82 Å². The van der Waals surface area contributed by atoms with Gasteiger partial charge in [-0.2, -0.15) is 0 Å². The van der Waals surface area contributed by atoms with Gasteiger partial charge in [0.05, 0.1) is 6.20 Å². The molecule has 0 spiro atoms. The largest absolute Gasteiger partial charge is 0.264 e. The lowest BCUT2D eigenvalue weighted by Gasteiger charge is -2.05. The fraction of sp³-hybridized carbons (Fsp3) is 0. The van der Waals surface area contributed by atoms with Crippen LogP contribution in [0, 0.1) is 0 Å². The Labute approximate surface area is 92.5 Å². The summed E-state index contributed by atoms with van der Waals surface area (Å²) in [5.74, 6) is 0.173. The van der Waals surface area contributed by atoms with Crippen LogP contribution in [0.15, 0.2) is 48.0 Å². The molecule has 0 aliphatic carbocycles. The summed E-state index contributed by atoms with van der Waals surface area (Å²) in [6.45, 7) is 0. The van der Waals surface area contributed by atoms with E-state index in [0.29, 0.717) is 0 Å². The number of aromatic nitrogens is 3. The monoisotopic (exact) mass is 236 g/mol. The van der Waals surface area contributed by atoms with E-state index in [4.69, 9.17) is 0 Å². The highest BCUT2D eigenvalue weighted by molar-refractivity contribution is 7.92. The predicted octanol–water partition coefficient (Wildman–Crippen LogP) is 0.672. The fourth-order valence-corrected chi connectivity index (χ4v) is 2.01. The molecule has 0 saturated heterocycles. The minimum atomic E-state index is -3.63. The summed E-state index contributed by atoms with van der Waals surface area (Å²) in [4.78, 5) is 11.4. The molecule has 2 rings (SSSR count). The van der Waals surface area contributed by atoms with Gasteiger partial charge in [0.25, 0.3) is 10.0 Å². The Balaban J connectivity index is 2.29. The second-order valence-electron chi connectivity index (χ2n) is 2.88. The second-order valence-corrected chi connectivity index (χ2v) is 4.57. The molecule has 7 heteroatoms. The van der Waals surface area contributed by atoms with E-state index in [0.717, 1.165) is 0 Å². The van der Waals surface area contributed by atoms with Crippen LogP contribution in [-0.2, 0) is 10.0 Å². The maximum Gasteiger partial charge on any atom is 0.264 e. The minimum absolute atomic E-state index is 0.0839. The zero-order chi connectivity index (χ0) is 11.4. The number of hydrogen-bond donors (Lipinski definition) is 1. The van der Waals surface area contributed by atoms with Crippen molar-refractivity contribution in [2.75, 3.05) is 4.72 Å². The van der Waals surface area contributed by atoms with E-state index in [1.165, 1.54) is 37.1 Å². The molecule has 0 atom stereocenters. The molecule has 2 heterocycles. The molecule has 1 N–H and O–H groups in total. The van der Waals surface area contributed by atoms with Crippen LogP contribution in [0.2, 0.25) is 0 Å². The van der Waals surface area contributed by atoms with Gasteiger partial charge in [-0.25, -0.2) is 13.4 Å². The van der Waals surface area contributed by atoms with Crippen molar-refractivity contribution in [1.29, 1.82) is 0 Å². The smallest absolute Gasteiger partial charge is 0.263 e. The maximum atomic E-state index is 11.8. The van der Waals surface area contributed by atoms with Crippen LogP contribution in [0.1, 0.15) is 0 Å². The number of sulfonamides is 1. The molecule has 2 aromatic heterocycles. The molecule has 82 valence electrons. The first-order chi connectivity index (χ1) is 7.68. The standard InChI is InChI=1S/C9H8N4O2S/c14-16(15,8-2-1-3-10-6-8)13-9-7-11-4-5-12-9/h1-7H,(H,12,13). The molecule has 0 saturated carbocycles. The van der Waals surface area contributed by atoms with Crippen molar-refractivity contribution >= 4 is 15.8 Å². The van der Waals surface area contributed by atoms with E-state index >= 15 is 0 Å². The van der Waals surface area contributed by atoms with Crippen LogP contribution in [0.3, 0.4) is 0 Å². The van der Waals surface area contributed by atoms with Gasteiger partial charge in [-0.15, -0.1) is 0 Å². The first-order valence-corrected chi connectivity index (χ1v) is 5.86. The first-order valence-electron chi connectivity index (χ1n) is 4.37. The summed E-state index contributed by atoms with van der Waals surface area (Å²) in [5, 5.41) is 0. The molecular formula is C9H8N4O2S. The minimum Gasteiger partial charge on any atom is -0.263 e. The zero-order valence-corrected chi connectivity index (χ0v) is 8.92. The van der Waals surface area contributed by atoms with Crippen molar-refractivity contribution in [2.45, 2.75) is 4.90 Å². The second kappa shape index (κ2) is 4.23. The predicted molar refractivity (Wildman–Crippen MR) is 57.1 cm³/mol. The number of nitrogens with zero attached hydrogens (tertiary/aromatic N) is 3. The normalized spacial score (nSPS) is 11.0. The molecule has 0 unspecified atom stereocenters. The summed E-state index contributed by atoms with van der Waals surface area (Å²) in [6.07, 6.45) is 6.96. The third-order valence-electron chi connectivity index (χ3n) is 1.75. The lowest BCUT2D eigenvalue weighted by atomic mass is 10.5. The Morgan fingerprint density at radius 3 is 2.50 bits per heavy atom. The SMILES string of the molecule is O=S(=O)(Nc1cnccn1)c1cccnc1. The van der Waals surface area contributed by atoms with Gasteiger partial charge in [0, 0.05) is 24.8 Å². The Morgan fingerprint density at radius 1 is 1.06 bits per heavy atom. The quantitative estimate of drug-likeness (QED) is 0.846. The number of nitrogens with one attached hydrogen (secondary N) is 1. The van der Waals surface area contributed by atoms with E-state index in [1.807, 2.05) is 0 Å². The van der Waals surface area contributed by atoms with Crippen molar-refractivity contribution in [2.24, 2.45) is 0 Å². The fourth-order valence-electron chi connectivity index (χ4n) is 1.05. The average Bonchev–Trinajstić information content (AvgIpc) is 2.31. The highest BCUT2D eigenvalue weighted by Gasteiger charge is 2.14. The van der Waals surface area contributed by atoms with Crippen LogP contribution in [0.5, 0.6) is 0 Å². The molecule has 0 aliphatic rings. The van der Waals surface area contributed by atoms with Gasteiger partial charge in [0.1, 0.15) is 4.90 Å².